The first-order valence-corrected chi connectivity index (χ1v) is 5.86. The fraction of sp³-hybridized carbons (Fsp3) is 0.286. The number of hydrogen-bond acceptors (Lipinski definition) is 4. The van der Waals surface area contributed by atoms with Gasteiger partial charge in [-0.1, -0.05) is 20.8 Å². The standard InChI is InChI=1S/C14H15NO4/c1-14(2,3)13-10(6-7-19-13)11-8-9(15(17)18)4-5-12(11)16/h4-8,16H,1-3H3. The normalized spacial score (nSPS) is 11.5. The highest BCUT2D eigenvalue weighted by Gasteiger charge is 2.24. The Balaban J connectivity index is 2.62. The molecule has 0 fully saturated rings. The van der Waals surface area contributed by atoms with Crippen molar-refractivity contribution in [3.63, 3.8) is 0 Å². The van der Waals surface area contributed by atoms with Crippen molar-refractivity contribution >= 4 is 5.69 Å². The van der Waals surface area contributed by atoms with E-state index in [1.54, 1.807) is 6.07 Å². The maximum absolute atomic E-state index is 10.8. The Bertz CT molecular complexity index is 623. The molecule has 5 heteroatoms. The summed E-state index contributed by atoms with van der Waals surface area (Å²) in [4.78, 5) is 10.3. The molecule has 0 aliphatic heterocycles. The molecule has 2 rings (SSSR count). The minimum atomic E-state index is -0.486. The van der Waals surface area contributed by atoms with Crippen LogP contribution < -0.4 is 0 Å². The van der Waals surface area contributed by atoms with Crippen LogP contribution in [0.4, 0.5) is 5.69 Å². The van der Waals surface area contributed by atoms with Gasteiger partial charge >= 0.3 is 0 Å². The summed E-state index contributed by atoms with van der Waals surface area (Å²) in [6.45, 7) is 5.93. The Morgan fingerprint density at radius 3 is 2.47 bits per heavy atom. The number of rotatable bonds is 2. The van der Waals surface area contributed by atoms with Gasteiger partial charge < -0.3 is 9.52 Å². The summed E-state index contributed by atoms with van der Waals surface area (Å²) >= 11 is 0. The third-order valence-corrected chi connectivity index (χ3v) is 2.83. The number of nitro groups is 1. The lowest BCUT2D eigenvalue weighted by atomic mass is 9.88. The molecular formula is C14H15NO4. The van der Waals surface area contributed by atoms with Crippen LogP contribution in [0.15, 0.2) is 34.9 Å². The number of phenols is 1. The second-order valence-electron chi connectivity index (χ2n) is 5.37. The summed E-state index contributed by atoms with van der Waals surface area (Å²) < 4.78 is 5.46. The van der Waals surface area contributed by atoms with Gasteiger partial charge in [-0.15, -0.1) is 0 Å². The highest BCUT2D eigenvalue weighted by Crippen LogP contribution is 2.39. The molecule has 0 aliphatic carbocycles. The second-order valence-corrected chi connectivity index (χ2v) is 5.37. The van der Waals surface area contributed by atoms with E-state index in [1.165, 1.54) is 24.5 Å². The fourth-order valence-corrected chi connectivity index (χ4v) is 1.96. The first-order chi connectivity index (χ1) is 8.80. The number of nitro benzene ring substituents is 1. The molecular weight excluding hydrogens is 246 g/mol. The molecule has 100 valence electrons. The van der Waals surface area contributed by atoms with E-state index in [1.807, 2.05) is 20.8 Å². The van der Waals surface area contributed by atoms with Crippen molar-refractivity contribution in [2.24, 2.45) is 0 Å². The van der Waals surface area contributed by atoms with Crippen LogP contribution in [0.2, 0.25) is 0 Å². The van der Waals surface area contributed by atoms with Gasteiger partial charge in [-0.05, 0) is 12.1 Å². The largest absolute Gasteiger partial charge is 0.507 e. The minimum Gasteiger partial charge on any atom is -0.507 e. The predicted octanol–water partition coefficient (Wildman–Crippen LogP) is 3.86. The van der Waals surface area contributed by atoms with Gasteiger partial charge in [0.25, 0.3) is 5.69 Å². The highest BCUT2D eigenvalue weighted by atomic mass is 16.6. The first-order valence-electron chi connectivity index (χ1n) is 5.86. The molecule has 1 aromatic heterocycles. The number of aromatic hydroxyl groups is 1. The van der Waals surface area contributed by atoms with Crippen molar-refractivity contribution in [2.75, 3.05) is 0 Å². The van der Waals surface area contributed by atoms with Crippen LogP contribution in [-0.4, -0.2) is 10.0 Å². The summed E-state index contributed by atoms with van der Waals surface area (Å²) in [5, 5.41) is 20.7. The Labute approximate surface area is 110 Å². The quantitative estimate of drug-likeness (QED) is 0.657. The van der Waals surface area contributed by atoms with Gasteiger partial charge in [0.15, 0.2) is 0 Å². The molecule has 1 heterocycles. The van der Waals surface area contributed by atoms with E-state index in [0.29, 0.717) is 16.9 Å². The third kappa shape index (κ3) is 2.45. The van der Waals surface area contributed by atoms with Gasteiger partial charge in [0.05, 0.1) is 11.2 Å². The number of hydrogen-bond donors (Lipinski definition) is 1. The van der Waals surface area contributed by atoms with Gasteiger partial charge in [0.2, 0.25) is 0 Å². The Morgan fingerprint density at radius 1 is 1.21 bits per heavy atom. The van der Waals surface area contributed by atoms with Crippen molar-refractivity contribution in [3.05, 3.63) is 46.4 Å². The first kappa shape index (κ1) is 13.1. The maximum atomic E-state index is 10.8. The lowest BCUT2D eigenvalue weighted by molar-refractivity contribution is -0.384. The molecule has 0 unspecified atom stereocenters. The Kier molecular flexibility index (Phi) is 3.06. The molecule has 0 saturated heterocycles. The fourth-order valence-electron chi connectivity index (χ4n) is 1.96. The summed E-state index contributed by atoms with van der Waals surface area (Å²) in [7, 11) is 0. The SMILES string of the molecule is CC(C)(C)c1occc1-c1cc([N+](=O)[O-])ccc1O. The summed E-state index contributed by atoms with van der Waals surface area (Å²) in [6.07, 6.45) is 1.52. The molecule has 0 radical (unpaired) electrons. The maximum Gasteiger partial charge on any atom is 0.270 e. The summed E-state index contributed by atoms with van der Waals surface area (Å²) in [5.74, 6) is 0.681. The molecule has 0 atom stereocenters. The van der Waals surface area contributed by atoms with Crippen LogP contribution in [0, 0.1) is 10.1 Å². The molecule has 0 spiro atoms. The summed E-state index contributed by atoms with van der Waals surface area (Å²) in [5.41, 5.74) is 0.769. The van der Waals surface area contributed by atoms with Crippen LogP contribution in [-0.2, 0) is 5.41 Å². The van der Waals surface area contributed by atoms with E-state index < -0.39 is 4.92 Å². The smallest absolute Gasteiger partial charge is 0.270 e. The average molecular weight is 261 g/mol. The van der Waals surface area contributed by atoms with Gasteiger partial charge in [-0.25, -0.2) is 0 Å². The van der Waals surface area contributed by atoms with E-state index in [9.17, 15) is 15.2 Å². The highest BCUT2D eigenvalue weighted by molar-refractivity contribution is 5.74. The number of phenolic OH excluding ortho intramolecular Hbond substituents is 1. The molecule has 0 saturated carbocycles. The lowest BCUT2D eigenvalue weighted by Gasteiger charge is -2.17. The van der Waals surface area contributed by atoms with E-state index in [-0.39, 0.29) is 16.9 Å². The number of nitrogens with zero attached hydrogens (tertiary/aromatic N) is 1. The molecule has 5 nitrogen and oxygen atoms in total. The van der Waals surface area contributed by atoms with E-state index in [0.717, 1.165) is 0 Å². The van der Waals surface area contributed by atoms with Crippen LogP contribution in [0.25, 0.3) is 11.1 Å². The van der Waals surface area contributed by atoms with Gasteiger partial charge in [0.1, 0.15) is 11.5 Å². The summed E-state index contributed by atoms with van der Waals surface area (Å²) in [6, 6.07) is 5.66. The molecule has 0 amide bonds. The van der Waals surface area contributed by atoms with Gasteiger partial charge in [-0.3, -0.25) is 10.1 Å². The minimum absolute atomic E-state index is 0.00231. The molecule has 0 aliphatic rings. The van der Waals surface area contributed by atoms with Gasteiger partial charge in [0, 0.05) is 28.7 Å². The van der Waals surface area contributed by atoms with E-state index in [4.69, 9.17) is 4.42 Å². The van der Waals surface area contributed by atoms with Crippen molar-refractivity contribution in [2.45, 2.75) is 26.2 Å². The molecule has 2 aromatic rings. The number of furan rings is 1. The monoisotopic (exact) mass is 261 g/mol. The van der Waals surface area contributed by atoms with Crippen molar-refractivity contribution in [1.82, 2.24) is 0 Å². The molecule has 1 aromatic carbocycles. The second kappa shape index (κ2) is 4.42. The molecule has 19 heavy (non-hydrogen) atoms. The van der Waals surface area contributed by atoms with E-state index in [2.05, 4.69) is 0 Å². The molecule has 1 N–H and O–H groups in total. The third-order valence-electron chi connectivity index (χ3n) is 2.83. The van der Waals surface area contributed by atoms with Crippen molar-refractivity contribution in [3.8, 4) is 16.9 Å². The Hall–Kier alpha value is -2.30. The lowest BCUT2D eigenvalue weighted by Crippen LogP contribution is -2.10. The Morgan fingerprint density at radius 2 is 1.89 bits per heavy atom. The molecule has 0 bridgehead atoms. The average Bonchev–Trinajstić information content (AvgIpc) is 2.77. The van der Waals surface area contributed by atoms with Crippen LogP contribution in [0.5, 0.6) is 5.75 Å². The van der Waals surface area contributed by atoms with Crippen molar-refractivity contribution in [1.29, 1.82) is 0 Å². The number of non-ortho nitro benzene ring substituents is 1. The zero-order valence-electron chi connectivity index (χ0n) is 11.0. The number of benzene rings is 1. The van der Waals surface area contributed by atoms with Crippen LogP contribution in [0.3, 0.4) is 0 Å². The van der Waals surface area contributed by atoms with Crippen LogP contribution in [0.1, 0.15) is 26.5 Å². The van der Waals surface area contributed by atoms with Crippen LogP contribution >= 0.6 is 0 Å². The zero-order valence-corrected chi connectivity index (χ0v) is 11.0. The predicted molar refractivity (Wildman–Crippen MR) is 71.2 cm³/mol. The van der Waals surface area contributed by atoms with Crippen molar-refractivity contribution < 1.29 is 14.4 Å². The van der Waals surface area contributed by atoms with Gasteiger partial charge in [-0.2, -0.15) is 0 Å². The van der Waals surface area contributed by atoms with E-state index >= 15 is 0 Å². The zero-order chi connectivity index (χ0) is 14.2. The topological polar surface area (TPSA) is 76.5 Å².